The average molecular weight is 270 g/mol. The van der Waals surface area contributed by atoms with Gasteiger partial charge in [-0.15, -0.1) is 11.3 Å². The number of thioether (sulfide) groups is 1. The van der Waals surface area contributed by atoms with Crippen molar-refractivity contribution < 1.29 is 0 Å². The van der Waals surface area contributed by atoms with E-state index < -0.39 is 0 Å². The monoisotopic (exact) mass is 270 g/mol. The van der Waals surface area contributed by atoms with Crippen molar-refractivity contribution in [1.82, 2.24) is 4.98 Å². The van der Waals surface area contributed by atoms with Crippen molar-refractivity contribution in [3.8, 4) is 0 Å². The van der Waals surface area contributed by atoms with Gasteiger partial charge in [-0.05, 0) is 38.9 Å². The highest BCUT2D eigenvalue weighted by Crippen LogP contribution is 2.45. The number of thiazole rings is 1. The van der Waals surface area contributed by atoms with Gasteiger partial charge >= 0.3 is 0 Å². The molecule has 1 aliphatic rings. The van der Waals surface area contributed by atoms with Gasteiger partial charge in [-0.1, -0.05) is 6.92 Å². The maximum absolute atomic E-state index is 6.25. The minimum absolute atomic E-state index is 0.233. The quantitative estimate of drug-likeness (QED) is 0.798. The van der Waals surface area contributed by atoms with Gasteiger partial charge in [0, 0.05) is 22.1 Å². The lowest BCUT2D eigenvalue weighted by Gasteiger charge is -2.17. The molecule has 1 aromatic heterocycles. The first-order valence-corrected chi connectivity index (χ1v) is 8.36. The second kappa shape index (κ2) is 5.29. The molecule has 0 atom stereocenters. The third kappa shape index (κ3) is 3.46. The second-order valence-electron chi connectivity index (χ2n) is 5.37. The van der Waals surface area contributed by atoms with Crippen LogP contribution in [-0.2, 0) is 11.3 Å². The molecular formula is C13H22N2S2. The molecule has 1 saturated carbocycles. The van der Waals surface area contributed by atoms with Gasteiger partial charge in [0.05, 0.1) is 5.69 Å². The molecule has 0 amide bonds. The van der Waals surface area contributed by atoms with Crippen LogP contribution in [0, 0.1) is 0 Å². The molecule has 1 heterocycles. The summed E-state index contributed by atoms with van der Waals surface area (Å²) >= 11 is 3.81. The molecule has 0 unspecified atom stereocenters. The Balaban J connectivity index is 2.13. The third-order valence-corrected chi connectivity index (χ3v) is 5.59. The maximum atomic E-state index is 6.25. The molecule has 0 aromatic carbocycles. The van der Waals surface area contributed by atoms with E-state index in [2.05, 4.69) is 20.8 Å². The summed E-state index contributed by atoms with van der Waals surface area (Å²) in [5.41, 5.74) is 7.32. The lowest BCUT2D eigenvalue weighted by Crippen LogP contribution is -2.28. The third-order valence-electron chi connectivity index (χ3n) is 2.82. The Bertz CT molecular complexity index is 375. The fourth-order valence-corrected chi connectivity index (χ4v) is 3.96. The van der Waals surface area contributed by atoms with E-state index in [0.29, 0.717) is 5.92 Å². The molecule has 1 aromatic rings. The SMILES string of the molecule is CCCSCc1nc(C2CC2)c(C(C)(C)N)s1. The summed E-state index contributed by atoms with van der Waals surface area (Å²) in [5.74, 6) is 2.97. The van der Waals surface area contributed by atoms with Crippen molar-refractivity contribution in [3.05, 3.63) is 15.6 Å². The van der Waals surface area contributed by atoms with Gasteiger partial charge in [0.15, 0.2) is 0 Å². The molecule has 96 valence electrons. The summed E-state index contributed by atoms with van der Waals surface area (Å²) in [6.07, 6.45) is 3.84. The van der Waals surface area contributed by atoms with Crippen LogP contribution in [0.3, 0.4) is 0 Å². The molecule has 2 nitrogen and oxygen atoms in total. The van der Waals surface area contributed by atoms with Gasteiger partial charge in [-0.25, -0.2) is 4.98 Å². The number of nitrogens with zero attached hydrogens (tertiary/aromatic N) is 1. The molecule has 2 N–H and O–H groups in total. The van der Waals surface area contributed by atoms with Crippen LogP contribution in [0.4, 0.5) is 0 Å². The number of rotatable bonds is 6. The molecule has 0 radical (unpaired) electrons. The topological polar surface area (TPSA) is 38.9 Å². The summed E-state index contributed by atoms with van der Waals surface area (Å²) in [6, 6.07) is 0. The van der Waals surface area contributed by atoms with Gasteiger partial charge in [0.1, 0.15) is 5.01 Å². The molecular weight excluding hydrogens is 248 g/mol. The minimum Gasteiger partial charge on any atom is -0.321 e. The smallest absolute Gasteiger partial charge is 0.103 e. The molecule has 0 bridgehead atoms. The first kappa shape index (κ1) is 13.4. The van der Waals surface area contributed by atoms with Crippen LogP contribution in [-0.4, -0.2) is 10.7 Å². The van der Waals surface area contributed by atoms with E-state index in [1.54, 1.807) is 0 Å². The van der Waals surface area contributed by atoms with Crippen molar-refractivity contribution in [2.75, 3.05) is 5.75 Å². The highest BCUT2D eigenvalue weighted by molar-refractivity contribution is 7.98. The average Bonchev–Trinajstić information content (AvgIpc) is 2.99. The molecule has 0 spiro atoms. The zero-order valence-electron chi connectivity index (χ0n) is 11.0. The van der Waals surface area contributed by atoms with Crippen LogP contribution in [0.5, 0.6) is 0 Å². The zero-order chi connectivity index (χ0) is 12.5. The van der Waals surface area contributed by atoms with Gasteiger partial charge in [0.2, 0.25) is 0 Å². The Morgan fingerprint density at radius 1 is 1.47 bits per heavy atom. The van der Waals surface area contributed by atoms with Gasteiger partial charge in [0.25, 0.3) is 0 Å². The fraction of sp³-hybridized carbons (Fsp3) is 0.769. The molecule has 1 aliphatic carbocycles. The van der Waals surface area contributed by atoms with E-state index in [0.717, 1.165) is 5.75 Å². The van der Waals surface area contributed by atoms with Gasteiger partial charge in [-0.2, -0.15) is 11.8 Å². The molecule has 2 rings (SSSR count). The molecule has 17 heavy (non-hydrogen) atoms. The second-order valence-corrected chi connectivity index (χ2v) is 7.56. The fourth-order valence-electron chi connectivity index (χ4n) is 1.84. The van der Waals surface area contributed by atoms with Gasteiger partial charge in [-0.3, -0.25) is 0 Å². The van der Waals surface area contributed by atoms with Crippen LogP contribution in [0.25, 0.3) is 0 Å². The van der Waals surface area contributed by atoms with Gasteiger partial charge < -0.3 is 5.73 Å². The van der Waals surface area contributed by atoms with E-state index in [1.807, 2.05) is 23.1 Å². The van der Waals surface area contributed by atoms with Crippen LogP contribution in [0.1, 0.15) is 61.5 Å². The first-order chi connectivity index (χ1) is 8.02. The summed E-state index contributed by atoms with van der Waals surface area (Å²) in [6.45, 7) is 6.41. The normalized spacial score (nSPS) is 16.5. The summed E-state index contributed by atoms with van der Waals surface area (Å²) in [5, 5.41) is 1.26. The molecule has 0 aliphatic heterocycles. The Hall–Kier alpha value is -0.0600. The number of hydrogen-bond acceptors (Lipinski definition) is 4. The Labute approximate surface area is 112 Å². The first-order valence-electron chi connectivity index (χ1n) is 6.39. The van der Waals surface area contributed by atoms with E-state index in [-0.39, 0.29) is 5.54 Å². The van der Waals surface area contributed by atoms with Crippen molar-refractivity contribution in [3.63, 3.8) is 0 Å². The highest BCUT2D eigenvalue weighted by atomic mass is 32.2. The van der Waals surface area contributed by atoms with E-state index in [4.69, 9.17) is 10.7 Å². The summed E-state index contributed by atoms with van der Waals surface area (Å²) in [4.78, 5) is 6.14. The number of aromatic nitrogens is 1. The number of hydrogen-bond donors (Lipinski definition) is 1. The highest BCUT2D eigenvalue weighted by Gasteiger charge is 2.33. The van der Waals surface area contributed by atoms with Crippen molar-refractivity contribution in [2.24, 2.45) is 5.73 Å². The Kier molecular flexibility index (Phi) is 4.16. The van der Waals surface area contributed by atoms with Crippen LogP contribution < -0.4 is 5.73 Å². The predicted octanol–water partition coefficient (Wildman–Crippen LogP) is 3.86. The van der Waals surface area contributed by atoms with Crippen LogP contribution >= 0.6 is 23.1 Å². The zero-order valence-corrected chi connectivity index (χ0v) is 12.6. The standard InChI is InChI=1S/C13H22N2S2/c1-4-7-16-8-10-15-11(9-5-6-9)12(17-10)13(2,3)14/h9H,4-8,14H2,1-3H3. The Morgan fingerprint density at radius 3 is 2.71 bits per heavy atom. The molecule has 4 heteroatoms. The molecule has 0 saturated heterocycles. The van der Waals surface area contributed by atoms with E-state index in [9.17, 15) is 0 Å². The summed E-state index contributed by atoms with van der Waals surface area (Å²) in [7, 11) is 0. The van der Waals surface area contributed by atoms with Crippen molar-refractivity contribution >= 4 is 23.1 Å². The van der Waals surface area contributed by atoms with Crippen LogP contribution in [0.2, 0.25) is 0 Å². The largest absolute Gasteiger partial charge is 0.321 e. The number of nitrogens with two attached hydrogens (primary N) is 1. The summed E-state index contributed by atoms with van der Waals surface area (Å²) < 4.78 is 0. The predicted molar refractivity (Wildman–Crippen MR) is 77.8 cm³/mol. The lowest BCUT2D eigenvalue weighted by molar-refractivity contribution is 0.558. The van der Waals surface area contributed by atoms with E-state index >= 15 is 0 Å². The minimum atomic E-state index is -0.233. The van der Waals surface area contributed by atoms with E-state index in [1.165, 1.54) is 40.6 Å². The molecule has 1 fully saturated rings. The lowest BCUT2D eigenvalue weighted by atomic mass is 10.0. The van der Waals surface area contributed by atoms with Crippen molar-refractivity contribution in [1.29, 1.82) is 0 Å². The van der Waals surface area contributed by atoms with Crippen molar-refractivity contribution in [2.45, 2.75) is 57.2 Å². The van der Waals surface area contributed by atoms with Crippen LogP contribution in [0.15, 0.2) is 0 Å². The maximum Gasteiger partial charge on any atom is 0.103 e. The Morgan fingerprint density at radius 2 is 2.18 bits per heavy atom.